The predicted molar refractivity (Wildman–Crippen MR) is 84.6 cm³/mol. The Morgan fingerprint density at radius 1 is 1.27 bits per heavy atom. The van der Waals surface area contributed by atoms with E-state index in [2.05, 4.69) is 16.8 Å². The molecule has 0 saturated carbocycles. The first-order valence-electron chi connectivity index (χ1n) is 7.32. The van der Waals surface area contributed by atoms with E-state index in [1.807, 2.05) is 23.1 Å². The van der Waals surface area contributed by atoms with Crippen LogP contribution in [0.2, 0.25) is 0 Å². The molecule has 1 fully saturated rings. The standard InChI is InChI=1S/C16H16N2O3S/c19-16(17-11-5-6-13-14(9-11)21-10-20-13)18-7-1-3-12(18)15-4-2-8-22-15/h2,4-6,8-9,12H,1,3,7,10H2,(H,17,19)/t12-/m0/s1. The molecule has 4 rings (SSSR count). The summed E-state index contributed by atoms with van der Waals surface area (Å²) in [5.41, 5.74) is 0.728. The lowest BCUT2D eigenvalue weighted by Gasteiger charge is -2.24. The first-order chi connectivity index (χ1) is 10.8. The van der Waals surface area contributed by atoms with Crippen LogP contribution in [0.1, 0.15) is 23.8 Å². The summed E-state index contributed by atoms with van der Waals surface area (Å²) in [4.78, 5) is 15.7. The third kappa shape index (κ3) is 2.39. The molecular weight excluding hydrogens is 300 g/mol. The third-order valence-electron chi connectivity index (χ3n) is 4.01. The van der Waals surface area contributed by atoms with Crippen LogP contribution in [0.4, 0.5) is 10.5 Å². The lowest BCUT2D eigenvalue weighted by molar-refractivity contribution is 0.174. The number of benzene rings is 1. The van der Waals surface area contributed by atoms with E-state index in [0.717, 1.165) is 30.8 Å². The van der Waals surface area contributed by atoms with Crippen LogP contribution in [0.5, 0.6) is 11.5 Å². The van der Waals surface area contributed by atoms with Crippen LogP contribution in [0, 0.1) is 0 Å². The summed E-state index contributed by atoms with van der Waals surface area (Å²) in [6, 6.07) is 9.72. The highest BCUT2D eigenvalue weighted by molar-refractivity contribution is 7.10. The number of hydrogen-bond acceptors (Lipinski definition) is 4. The Morgan fingerprint density at radius 2 is 2.18 bits per heavy atom. The van der Waals surface area contributed by atoms with Gasteiger partial charge in [0.25, 0.3) is 0 Å². The number of rotatable bonds is 2. The minimum atomic E-state index is -0.0604. The molecule has 1 N–H and O–H groups in total. The molecule has 1 aromatic carbocycles. The maximum atomic E-state index is 12.6. The van der Waals surface area contributed by atoms with Crippen molar-refractivity contribution < 1.29 is 14.3 Å². The van der Waals surface area contributed by atoms with Crippen molar-refractivity contribution in [3.8, 4) is 11.5 Å². The second-order valence-electron chi connectivity index (χ2n) is 5.37. The van der Waals surface area contributed by atoms with Crippen LogP contribution in [-0.4, -0.2) is 24.3 Å². The van der Waals surface area contributed by atoms with Gasteiger partial charge < -0.3 is 19.7 Å². The van der Waals surface area contributed by atoms with E-state index in [-0.39, 0.29) is 18.9 Å². The summed E-state index contributed by atoms with van der Waals surface area (Å²) < 4.78 is 10.6. The number of anilines is 1. The SMILES string of the molecule is O=C(Nc1ccc2c(c1)OCO2)N1CCC[C@H]1c1cccs1. The van der Waals surface area contributed by atoms with Crippen molar-refractivity contribution in [3.63, 3.8) is 0 Å². The fourth-order valence-electron chi connectivity index (χ4n) is 2.96. The summed E-state index contributed by atoms with van der Waals surface area (Å²) in [6.45, 7) is 1.03. The van der Waals surface area contributed by atoms with Crippen molar-refractivity contribution in [2.45, 2.75) is 18.9 Å². The average Bonchev–Trinajstić information content (AvgIpc) is 3.26. The van der Waals surface area contributed by atoms with Crippen LogP contribution in [0.15, 0.2) is 35.7 Å². The highest BCUT2D eigenvalue weighted by atomic mass is 32.1. The lowest BCUT2D eigenvalue weighted by Crippen LogP contribution is -2.34. The first kappa shape index (κ1) is 13.5. The molecule has 1 atom stereocenters. The maximum absolute atomic E-state index is 12.6. The normalized spacial score (nSPS) is 19.5. The molecule has 114 valence electrons. The van der Waals surface area contributed by atoms with Gasteiger partial charge in [0.15, 0.2) is 11.5 Å². The number of thiophene rings is 1. The molecule has 2 aliphatic rings. The number of hydrogen-bond donors (Lipinski definition) is 1. The number of urea groups is 1. The summed E-state index contributed by atoms with van der Waals surface area (Å²) >= 11 is 1.71. The molecule has 0 bridgehead atoms. The van der Waals surface area contributed by atoms with Gasteiger partial charge in [-0.3, -0.25) is 0 Å². The molecule has 2 aliphatic heterocycles. The Labute approximate surface area is 132 Å². The van der Waals surface area contributed by atoms with Crippen LogP contribution in [-0.2, 0) is 0 Å². The van der Waals surface area contributed by atoms with Crippen LogP contribution < -0.4 is 14.8 Å². The second-order valence-corrected chi connectivity index (χ2v) is 6.34. The Bertz CT molecular complexity index is 687. The summed E-state index contributed by atoms with van der Waals surface area (Å²) in [6.07, 6.45) is 2.06. The molecule has 0 spiro atoms. The summed E-state index contributed by atoms with van der Waals surface area (Å²) in [5.74, 6) is 1.39. The first-order valence-corrected chi connectivity index (χ1v) is 8.20. The van der Waals surface area contributed by atoms with Gasteiger partial charge in [0.1, 0.15) is 0 Å². The molecule has 1 saturated heterocycles. The molecule has 0 unspecified atom stereocenters. The van der Waals surface area contributed by atoms with E-state index in [4.69, 9.17) is 9.47 Å². The van der Waals surface area contributed by atoms with Crippen LogP contribution in [0.25, 0.3) is 0 Å². The number of nitrogens with one attached hydrogen (secondary N) is 1. The van der Waals surface area contributed by atoms with E-state index in [0.29, 0.717) is 5.75 Å². The Morgan fingerprint density at radius 3 is 3.05 bits per heavy atom. The molecule has 0 aliphatic carbocycles. The van der Waals surface area contributed by atoms with E-state index in [9.17, 15) is 4.79 Å². The Hall–Kier alpha value is -2.21. The molecule has 2 amide bonds. The fraction of sp³-hybridized carbons (Fsp3) is 0.312. The summed E-state index contributed by atoms with van der Waals surface area (Å²) in [7, 11) is 0. The molecule has 5 nitrogen and oxygen atoms in total. The van der Waals surface area contributed by atoms with Gasteiger partial charge >= 0.3 is 6.03 Å². The van der Waals surface area contributed by atoms with Gasteiger partial charge in [-0.15, -0.1) is 11.3 Å². The zero-order chi connectivity index (χ0) is 14.9. The number of amides is 2. The van der Waals surface area contributed by atoms with Gasteiger partial charge in [0.2, 0.25) is 6.79 Å². The van der Waals surface area contributed by atoms with E-state index in [1.54, 1.807) is 17.4 Å². The summed E-state index contributed by atoms with van der Waals surface area (Å²) in [5, 5.41) is 5.02. The zero-order valence-electron chi connectivity index (χ0n) is 12.0. The van der Waals surface area contributed by atoms with Gasteiger partial charge in [-0.05, 0) is 36.4 Å². The minimum absolute atomic E-state index is 0.0604. The van der Waals surface area contributed by atoms with Gasteiger partial charge in [0.05, 0.1) is 6.04 Å². The van der Waals surface area contributed by atoms with Crippen molar-refractivity contribution in [1.82, 2.24) is 4.90 Å². The van der Waals surface area contributed by atoms with Crippen LogP contribution in [0.3, 0.4) is 0 Å². The van der Waals surface area contributed by atoms with Crippen molar-refractivity contribution in [2.24, 2.45) is 0 Å². The molecule has 2 aromatic rings. The second kappa shape index (κ2) is 5.53. The van der Waals surface area contributed by atoms with Crippen LogP contribution >= 0.6 is 11.3 Å². The van der Waals surface area contributed by atoms with Gasteiger partial charge in [0, 0.05) is 23.2 Å². The molecular formula is C16H16N2O3S. The van der Waals surface area contributed by atoms with Gasteiger partial charge in [-0.2, -0.15) is 0 Å². The molecule has 0 radical (unpaired) electrons. The number of likely N-dealkylation sites (tertiary alicyclic amines) is 1. The van der Waals surface area contributed by atoms with Crippen molar-refractivity contribution in [3.05, 3.63) is 40.6 Å². The predicted octanol–water partition coefficient (Wildman–Crippen LogP) is 3.85. The van der Waals surface area contributed by atoms with E-state index in [1.165, 1.54) is 4.88 Å². The number of carbonyl (C=O) groups excluding carboxylic acids is 1. The molecule has 3 heterocycles. The smallest absolute Gasteiger partial charge is 0.322 e. The largest absolute Gasteiger partial charge is 0.454 e. The quantitative estimate of drug-likeness (QED) is 0.915. The number of nitrogens with zero attached hydrogens (tertiary/aromatic N) is 1. The van der Waals surface area contributed by atoms with Crippen molar-refractivity contribution in [2.75, 3.05) is 18.7 Å². The van der Waals surface area contributed by atoms with Crippen molar-refractivity contribution in [1.29, 1.82) is 0 Å². The Kier molecular flexibility index (Phi) is 3.38. The Balaban J connectivity index is 1.49. The monoisotopic (exact) mass is 316 g/mol. The number of ether oxygens (including phenoxy) is 2. The average molecular weight is 316 g/mol. The number of carbonyl (C=O) groups is 1. The number of fused-ring (bicyclic) bond motifs is 1. The lowest BCUT2D eigenvalue weighted by atomic mass is 10.2. The molecule has 22 heavy (non-hydrogen) atoms. The zero-order valence-corrected chi connectivity index (χ0v) is 12.8. The molecule has 1 aromatic heterocycles. The molecule has 6 heteroatoms. The third-order valence-corrected chi connectivity index (χ3v) is 4.98. The highest BCUT2D eigenvalue weighted by Gasteiger charge is 2.30. The maximum Gasteiger partial charge on any atom is 0.322 e. The fourth-order valence-corrected chi connectivity index (χ4v) is 3.83. The van der Waals surface area contributed by atoms with E-state index < -0.39 is 0 Å². The topological polar surface area (TPSA) is 50.8 Å². The highest BCUT2D eigenvalue weighted by Crippen LogP contribution is 2.36. The van der Waals surface area contributed by atoms with Crippen molar-refractivity contribution >= 4 is 23.1 Å². The van der Waals surface area contributed by atoms with Gasteiger partial charge in [-0.1, -0.05) is 6.07 Å². The minimum Gasteiger partial charge on any atom is -0.454 e. The van der Waals surface area contributed by atoms with Gasteiger partial charge in [-0.25, -0.2) is 4.79 Å². The van der Waals surface area contributed by atoms with E-state index >= 15 is 0 Å².